The van der Waals surface area contributed by atoms with Crippen LogP contribution in [0.2, 0.25) is 0 Å². The van der Waals surface area contributed by atoms with Crippen LogP contribution in [0.25, 0.3) is 5.57 Å². The molecule has 0 spiro atoms. The first-order valence-electron chi connectivity index (χ1n) is 6.81. The molecule has 0 saturated carbocycles. The number of aryl methyl sites for hydroxylation is 2. The van der Waals surface area contributed by atoms with E-state index in [0.29, 0.717) is 11.3 Å². The molecule has 2 amide bonds. The maximum absolute atomic E-state index is 12.6. The highest BCUT2D eigenvalue weighted by molar-refractivity contribution is 6.43. The van der Waals surface area contributed by atoms with Gasteiger partial charge in [-0.1, -0.05) is 42.5 Å². The molecule has 0 bridgehead atoms. The Morgan fingerprint density at radius 3 is 2.33 bits per heavy atom. The van der Waals surface area contributed by atoms with Crippen LogP contribution in [0.5, 0.6) is 0 Å². The summed E-state index contributed by atoms with van der Waals surface area (Å²) in [7, 11) is 0. The lowest BCUT2D eigenvalue weighted by Crippen LogP contribution is -2.31. The first kappa shape index (κ1) is 13.3. The molecule has 104 valence electrons. The van der Waals surface area contributed by atoms with Crippen LogP contribution in [0.4, 0.5) is 5.69 Å². The number of benzene rings is 2. The molecule has 0 unspecified atom stereocenters. The van der Waals surface area contributed by atoms with Crippen molar-refractivity contribution in [2.75, 3.05) is 4.90 Å². The van der Waals surface area contributed by atoms with Gasteiger partial charge in [0.1, 0.15) is 0 Å². The highest BCUT2D eigenvalue weighted by Gasteiger charge is 2.33. The molecule has 3 heteroatoms. The number of imide groups is 1. The molecule has 0 aliphatic carbocycles. The lowest BCUT2D eigenvalue weighted by Gasteiger charge is -2.18. The smallest absolute Gasteiger partial charge is 0.266 e. The highest BCUT2D eigenvalue weighted by atomic mass is 16.2. The van der Waals surface area contributed by atoms with Crippen molar-refractivity contribution in [3.8, 4) is 0 Å². The van der Waals surface area contributed by atoms with E-state index in [1.165, 1.54) is 11.0 Å². The van der Waals surface area contributed by atoms with E-state index in [-0.39, 0.29) is 11.8 Å². The van der Waals surface area contributed by atoms with Crippen LogP contribution < -0.4 is 4.90 Å². The van der Waals surface area contributed by atoms with Crippen molar-refractivity contribution >= 4 is 23.1 Å². The zero-order valence-electron chi connectivity index (χ0n) is 12.0. The van der Waals surface area contributed by atoms with Crippen molar-refractivity contribution in [1.29, 1.82) is 0 Å². The maximum Gasteiger partial charge on any atom is 0.266 e. The Hall–Kier alpha value is -2.68. The van der Waals surface area contributed by atoms with Gasteiger partial charge < -0.3 is 0 Å². The summed E-state index contributed by atoms with van der Waals surface area (Å²) in [6.07, 6.45) is 1.42. The average Bonchev–Trinajstić information content (AvgIpc) is 2.78. The second-order valence-corrected chi connectivity index (χ2v) is 5.19. The molecule has 0 radical (unpaired) electrons. The van der Waals surface area contributed by atoms with Gasteiger partial charge in [0.25, 0.3) is 11.8 Å². The zero-order chi connectivity index (χ0) is 15.0. The fourth-order valence-corrected chi connectivity index (χ4v) is 2.48. The Labute approximate surface area is 123 Å². The van der Waals surface area contributed by atoms with Gasteiger partial charge in [-0.25, -0.2) is 4.90 Å². The topological polar surface area (TPSA) is 37.4 Å². The van der Waals surface area contributed by atoms with Crippen LogP contribution in [-0.2, 0) is 9.59 Å². The summed E-state index contributed by atoms with van der Waals surface area (Å²) in [5.41, 5.74) is 3.80. The van der Waals surface area contributed by atoms with Gasteiger partial charge >= 0.3 is 0 Å². The van der Waals surface area contributed by atoms with Crippen molar-refractivity contribution in [3.63, 3.8) is 0 Å². The normalized spacial score (nSPS) is 14.6. The summed E-state index contributed by atoms with van der Waals surface area (Å²) in [5.74, 6) is -0.549. The van der Waals surface area contributed by atoms with Crippen LogP contribution >= 0.6 is 0 Å². The summed E-state index contributed by atoms with van der Waals surface area (Å²) < 4.78 is 0. The lowest BCUT2D eigenvalue weighted by molar-refractivity contribution is -0.119. The van der Waals surface area contributed by atoms with E-state index in [4.69, 9.17) is 0 Å². The Balaban J connectivity index is 2.03. The second-order valence-electron chi connectivity index (χ2n) is 5.19. The lowest BCUT2D eigenvalue weighted by atomic mass is 10.1. The monoisotopic (exact) mass is 277 g/mol. The Kier molecular flexibility index (Phi) is 3.18. The minimum atomic E-state index is -0.285. The molecule has 1 heterocycles. The van der Waals surface area contributed by atoms with E-state index < -0.39 is 0 Å². The molecule has 0 saturated heterocycles. The minimum Gasteiger partial charge on any atom is -0.269 e. The fourth-order valence-electron chi connectivity index (χ4n) is 2.48. The molecule has 1 aliphatic rings. The predicted molar refractivity (Wildman–Crippen MR) is 82.8 cm³/mol. The van der Waals surface area contributed by atoms with Gasteiger partial charge in [0, 0.05) is 6.08 Å². The Morgan fingerprint density at radius 2 is 1.62 bits per heavy atom. The predicted octanol–water partition coefficient (Wildman–Crippen LogP) is 3.26. The molecule has 1 aliphatic heterocycles. The average molecular weight is 277 g/mol. The van der Waals surface area contributed by atoms with Crippen LogP contribution in [0.1, 0.15) is 16.7 Å². The molecular formula is C18H15NO2. The number of hydrogen-bond acceptors (Lipinski definition) is 2. The molecule has 0 N–H and O–H groups in total. The molecule has 0 fully saturated rings. The van der Waals surface area contributed by atoms with Crippen molar-refractivity contribution in [3.05, 3.63) is 71.3 Å². The summed E-state index contributed by atoms with van der Waals surface area (Å²) >= 11 is 0. The van der Waals surface area contributed by atoms with E-state index in [1.807, 2.05) is 62.4 Å². The van der Waals surface area contributed by atoms with Crippen LogP contribution in [0.3, 0.4) is 0 Å². The standard InChI is InChI=1S/C18H15NO2/c1-12-8-9-13(2)16(10-12)19-17(20)11-15(18(19)21)14-6-4-3-5-7-14/h3-11H,1-2H3. The highest BCUT2D eigenvalue weighted by Crippen LogP contribution is 2.30. The van der Waals surface area contributed by atoms with E-state index in [2.05, 4.69) is 0 Å². The minimum absolute atomic E-state index is 0.264. The van der Waals surface area contributed by atoms with Crippen LogP contribution in [-0.4, -0.2) is 11.8 Å². The molecule has 21 heavy (non-hydrogen) atoms. The first-order chi connectivity index (χ1) is 10.1. The molecule has 2 aromatic carbocycles. The Morgan fingerprint density at radius 1 is 0.905 bits per heavy atom. The maximum atomic E-state index is 12.6. The third kappa shape index (κ3) is 2.27. The second kappa shape index (κ2) is 5.02. The number of carbonyl (C=O) groups excluding carboxylic acids is 2. The number of carbonyl (C=O) groups is 2. The van der Waals surface area contributed by atoms with E-state index in [1.54, 1.807) is 0 Å². The van der Waals surface area contributed by atoms with Crippen LogP contribution in [0, 0.1) is 13.8 Å². The van der Waals surface area contributed by atoms with E-state index in [9.17, 15) is 9.59 Å². The van der Waals surface area contributed by atoms with E-state index in [0.717, 1.165) is 16.7 Å². The number of nitrogens with zero attached hydrogens (tertiary/aromatic N) is 1. The molecule has 2 aromatic rings. The third-order valence-corrected chi connectivity index (χ3v) is 3.61. The van der Waals surface area contributed by atoms with Gasteiger partial charge in [-0.15, -0.1) is 0 Å². The molecule has 3 rings (SSSR count). The van der Waals surface area contributed by atoms with Gasteiger partial charge in [0.15, 0.2) is 0 Å². The number of amides is 2. The number of anilines is 1. The Bertz CT molecular complexity index is 760. The molecule has 0 atom stereocenters. The van der Waals surface area contributed by atoms with Gasteiger partial charge in [0.05, 0.1) is 11.3 Å². The quantitative estimate of drug-likeness (QED) is 0.790. The summed E-state index contributed by atoms with van der Waals surface area (Å²) in [4.78, 5) is 26.1. The number of rotatable bonds is 2. The number of hydrogen-bond donors (Lipinski definition) is 0. The summed E-state index contributed by atoms with van der Waals surface area (Å²) in [6.45, 7) is 3.84. The van der Waals surface area contributed by atoms with Gasteiger partial charge in [-0.05, 0) is 36.6 Å². The SMILES string of the molecule is Cc1ccc(C)c(N2C(=O)C=C(c3ccccc3)C2=O)c1. The van der Waals surface area contributed by atoms with Crippen molar-refractivity contribution < 1.29 is 9.59 Å². The largest absolute Gasteiger partial charge is 0.269 e. The summed E-state index contributed by atoms with van der Waals surface area (Å²) in [6, 6.07) is 15.0. The molecular weight excluding hydrogens is 262 g/mol. The first-order valence-corrected chi connectivity index (χ1v) is 6.81. The molecule has 0 aromatic heterocycles. The van der Waals surface area contributed by atoms with Gasteiger partial charge in [-0.3, -0.25) is 9.59 Å². The van der Waals surface area contributed by atoms with Crippen molar-refractivity contribution in [1.82, 2.24) is 0 Å². The van der Waals surface area contributed by atoms with Gasteiger partial charge in [0.2, 0.25) is 0 Å². The molecule has 3 nitrogen and oxygen atoms in total. The van der Waals surface area contributed by atoms with Crippen molar-refractivity contribution in [2.24, 2.45) is 0 Å². The van der Waals surface area contributed by atoms with E-state index >= 15 is 0 Å². The van der Waals surface area contributed by atoms with Gasteiger partial charge in [-0.2, -0.15) is 0 Å². The summed E-state index contributed by atoms with van der Waals surface area (Å²) in [5, 5.41) is 0. The zero-order valence-corrected chi connectivity index (χ0v) is 12.0. The third-order valence-electron chi connectivity index (χ3n) is 3.61. The van der Waals surface area contributed by atoms with Crippen LogP contribution in [0.15, 0.2) is 54.6 Å². The van der Waals surface area contributed by atoms with Crippen molar-refractivity contribution in [2.45, 2.75) is 13.8 Å². The fraction of sp³-hybridized carbons (Fsp3) is 0.111.